The first-order valence-corrected chi connectivity index (χ1v) is 7.38. The topological polar surface area (TPSA) is 91.4 Å². The van der Waals surface area contributed by atoms with Crippen LogP contribution in [0.25, 0.3) is 0 Å². The van der Waals surface area contributed by atoms with Crippen LogP contribution in [0.4, 0.5) is 17.8 Å². The van der Waals surface area contributed by atoms with Crippen LogP contribution >= 0.6 is 0 Å². The second-order valence-electron chi connectivity index (χ2n) is 5.62. The van der Waals surface area contributed by atoms with Crippen molar-refractivity contribution in [2.75, 3.05) is 48.3 Å². The number of hydrogen-bond donors (Lipinski definition) is 2. The molecular weight excluding hydrogens is 256 g/mol. The summed E-state index contributed by atoms with van der Waals surface area (Å²) >= 11 is 0. The highest BCUT2D eigenvalue weighted by molar-refractivity contribution is 5.44. The first kappa shape index (κ1) is 13.4. The van der Waals surface area contributed by atoms with Crippen molar-refractivity contribution in [1.29, 1.82) is 0 Å². The van der Waals surface area contributed by atoms with Gasteiger partial charge in [-0.1, -0.05) is 0 Å². The van der Waals surface area contributed by atoms with Gasteiger partial charge >= 0.3 is 0 Å². The van der Waals surface area contributed by atoms with E-state index in [1.54, 1.807) is 0 Å². The lowest BCUT2D eigenvalue weighted by atomic mass is 9.99. The summed E-state index contributed by atoms with van der Waals surface area (Å²) in [5.41, 5.74) is 5.84. The van der Waals surface area contributed by atoms with Crippen LogP contribution in [0.5, 0.6) is 0 Å². The maximum Gasteiger partial charge on any atom is 0.231 e. The van der Waals surface area contributed by atoms with Crippen LogP contribution in [0.15, 0.2) is 0 Å². The van der Waals surface area contributed by atoms with Gasteiger partial charge in [-0.3, -0.25) is 0 Å². The highest BCUT2D eigenvalue weighted by atomic mass is 16.3. The monoisotopic (exact) mass is 278 g/mol. The molecular formula is C13H22N6O. The summed E-state index contributed by atoms with van der Waals surface area (Å²) in [5, 5.41) is 9.32. The van der Waals surface area contributed by atoms with E-state index in [4.69, 9.17) is 5.73 Å². The van der Waals surface area contributed by atoms with Gasteiger partial charge in [-0.15, -0.1) is 0 Å². The molecule has 2 aliphatic rings. The summed E-state index contributed by atoms with van der Waals surface area (Å²) in [6, 6.07) is 0. The largest absolute Gasteiger partial charge is 0.396 e. The molecule has 1 unspecified atom stereocenters. The minimum absolute atomic E-state index is 0.218. The molecule has 2 fully saturated rings. The zero-order valence-corrected chi connectivity index (χ0v) is 11.7. The van der Waals surface area contributed by atoms with Crippen molar-refractivity contribution in [3.8, 4) is 0 Å². The van der Waals surface area contributed by atoms with E-state index in [1.165, 1.54) is 12.8 Å². The van der Waals surface area contributed by atoms with E-state index in [1.807, 2.05) is 0 Å². The second-order valence-corrected chi connectivity index (χ2v) is 5.62. The highest BCUT2D eigenvalue weighted by Gasteiger charge is 2.23. The number of anilines is 3. The molecule has 0 aliphatic carbocycles. The number of rotatable bonds is 3. The molecule has 1 atom stereocenters. The van der Waals surface area contributed by atoms with Crippen LogP contribution < -0.4 is 15.5 Å². The number of nitrogens with zero attached hydrogens (tertiary/aromatic N) is 5. The predicted octanol–water partition coefficient (Wildman–Crippen LogP) is 0.263. The molecule has 3 rings (SSSR count). The maximum absolute atomic E-state index is 9.32. The van der Waals surface area contributed by atoms with Crippen LogP contribution in [0.1, 0.15) is 25.7 Å². The normalized spacial score (nSPS) is 23.4. The Labute approximate surface area is 118 Å². The van der Waals surface area contributed by atoms with E-state index in [0.29, 0.717) is 17.8 Å². The molecule has 3 heterocycles. The second kappa shape index (κ2) is 5.78. The van der Waals surface area contributed by atoms with Crippen molar-refractivity contribution in [3.05, 3.63) is 0 Å². The Morgan fingerprint density at radius 2 is 1.65 bits per heavy atom. The molecule has 0 saturated carbocycles. The summed E-state index contributed by atoms with van der Waals surface area (Å²) < 4.78 is 0. The fraction of sp³-hybridized carbons (Fsp3) is 0.769. The van der Waals surface area contributed by atoms with Gasteiger partial charge in [0.2, 0.25) is 17.8 Å². The fourth-order valence-electron chi connectivity index (χ4n) is 2.97. The number of aromatic nitrogens is 3. The number of nitrogen functional groups attached to an aromatic ring is 1. The molecule has 2 saturated heterocycles. The van der Waals surface area contributed by atoms with E-state index in [0.717, 1.165) is 39.0 Å². The van der Waals surface area contributed by atoms with Gasteiger partial charge in [0.1, 0.15) is 0 Å². The molecule has 1 aromatic heterocycles. The fourth-order valence-corrected chi connectivity index (χ4v) is 2.97. The van der Waals surface area contributed by atoms with Crippen molar-refractivity contribution in [1.82, 2.24) is 15.0 Å². The number of aliphatic hydroxyl groups excluding tert-OH is 1. The van der Waals surface area contributed by atoms with Gasteiger partial charge < -0.3 is 20.6 Å². The third-order valence-electron chi connectivity index (χ3n) is 4.08. The van der Waals surface area contributed by atoms with E-state index in [-0.39, 0.29) is 12.6 Å². The van der Waals surface area contributed by atoms with E-state index in [2.05, 4.69) is 24.8 Å². The molecule has 110 valence electrons. The zero-order chi connectivity index (χ0) is 13.9. The SMILES string of the molecule is Nc1nc(N2CCCC2)nc(N2CCCC(CO)C2)n1. The smallest absolute Gasteiger partial charge is 0.231 e. The first-order chi connectivity index (χ1) is 9.76. The Bertz CT molecular complexity index is 462. The molecule has 7 nitrogen and oxygen atoms in total. The van der Waals surface area contributed by atoms with Gasteiger partial charge in [-0.25, -0.2) is 0 Å². The van der Waals surface area contributed by atoms with Crippen molar-refractivity contribution in [2.24, 2.45) is 5.92 Å². The Kier molecular flexibility index (Phi) is 3.86. The molecule has 3 N–H and O–H groups in total. The Hall–Kier alpha value is -1.63. The van der Waals surface area contributed by atoms with Crippen molar-refractivity contribution in [2.45, 2.75) is 25.7 Å². The van der Waals surface area contributed by atoms with Gasteiger partial charge in [-0.2, -0.15) is 15.0 Å². The molecule has 1 aromatic rings. The molecule has 0 bridgehead atoms. The third kappa shape index (κ3) is 2.77. The summed E-state index contributed by atoms with van der Waals surface area (Å²) in [7, 11) is 0. The summed E-state index contributed by atoms with van der Waals surface area (Å²) in [6.45, 7) is 3.90. The molecule has 7 heteroatoms. The lowest BCUT2D eigenvalue weighted by Crippen LogP contribution is -2.38. The average molecular weight is 278 g/mol. The van der Waals surface area contributed by atoms with Crippen molar-refractivity contribution in [3.63, 3.8) is 0 Å². The Balaban J connectivity index is 1.81. The molecule has 2 aliphatic heterocycles. The molecule has 0 amide bonds. The van der Waals surface area contributed by atoms with Crippen molar-refractivity contribution >= 4 is 17.8 Å². The molecule has 0 aromatic carbocycles. The Morgan fingerprint density at radius 1 is 1.00 bits per heavy atom. The zero-order valence-electron chi connectivity index (χ0n) is 11.7. The van der Waals surface area contributed by atoms with Gasteiger partial charge in [-0.05, 0) is 31.6 Å². The summed E-state index contributed by atoms with van der Waals surface area (Å²) in [6.07, 6.45) is 4.47. The predicted molar refractivity (Wildman–Crippen MR) is 77.7 cm³/mol. The number of aliphatic hydroxyl groups is 1. The highest BCUT2D eigenvalue weighted by Crippen LogP contribution is 2.23. The van der Waals surface area contributed by atoms with Crippen LogP contribution in [-0.2, 0) is 0 Å². The lowest BCUT2D eigenvalue weighted by molar-refractivity contribution is 0.208. The van der Waals surface area contributed by atoms with E-state index < -0.39 is 0 Å². The number of nitrogens with two attached hydrogens (primary N) is 1. The third-order valence-corrected chi connectivity index (χ3v) is 4.08. The van der Waals surface area contributed by atoms with Crippen LogP contribution in [0, 0.1) is 5.92 Å². The Morgan fingerprint density at radius 3 is 2.35 bits per heavy atom. The molecule has 0 spiro atoms. The van der Waals surface area contributed by atoms with Crippen LogP contribution in [0.3, 0.4) is 0 Å². The number of hydrogen-bond acceptors (Lipinski definition) is 7. The van der Waals surface area contributed by atoms with Gasteiger partial charge in [0.15, 0.2) is 0 Å². The van der Waals surface area contributed by atoms with Crippen LogP contribution in [0.2, 0.25) is 0 Å². The van der Waals surface area contributed by atoms with Gasteiger partial charge in [0.05, 0.1) is 0 Å². The molecule has 20 heavy (non-hydrogen) atoms. The summed E-state index contributed by atoms with van der Waals surface area (Å²) in [5.74, 6) is 1.92. The van der Waals surface area contributed by atoms with Crippen molar-refractivity contribution < 1.29 is 5.11 Å². The minimum Gasteiger partial charge on any atom is -0.396 e. The quantitative estimate of drug-likeness (QED) is 0.819. The van der Waals surface area contributed by atoms with Crippen LogP contribution in [-0.4, -0.2) is 52.8 Å². The van der Waals surface area contributed by atoms with Gasteiger partial charge in [0, 0.05) is 32.8 Å². The van der Waals surface area contributed by atoms with E-state index >= 15 is 0 Å². The summed E-state index contributed by atoms with van der Waals surface area (Å²) in [4.78, 5) is 17.4. The van der Waals surface area contributed by atoms with E-state index in [9.17, 15) is 5.11 Å². The van der Waals surface area contributed by atoms with Gasteiger partial charge in [0.25, 0.3) is 0 Å². The average Bonchev–Trinajstić information content (AvgIpc) is 3.01. The molecule has 0 radical (unpaired) electrons. The first-order valence-electron chi connectivity index (χ1n) is 7.38. The number of piperidine rings is 1. The maximum atomic E-state index is 9.32. The minimum atomic E-state index is 0.218. The lowest BCUT2D eigenvalue weighted by Gasteiger charge is -2.32. The standard InChI is InChI=1S/C13H22N6O/c14-11-15-12(18-5-1-2-6-18)17-13(16-11)19-7-3-4-10(8-19)9-20/h10,20H,1-9H2,(H2,14,15,16,17).